The van der Waals surface area contributed by atoms with Gasteiger partial charge in [0.15, 0.2) is 11.0 Å². The van der Waals surface area contributed by atoms with E-state index in [9.17, 15) is 9.90 Å². The van der Waals surface area contributed by atoms with E-state index in [2.05, 4.69) is 22.1 Å². The van der Waals surface area contributed by atoms with Gasteiger partial charge in [0.05, 0.1) is 17.4 Å². The number of carbonyl (C=O) groups is 1. The fourth-order valence-corrected chi connectivity index (χ4v) is 3.54. The number of amides is 1. The number of phenolic OH excluding ortho intramolecular Hbond substituents is 1. The van der Waals surface area contributed by atoms with Crippen LogP contribution in [-0.4, -0.2) is 50.8 Å². The van der Waals surface area contributed by atoms with Crippen molar-refractivity contribution < 1.29 is 14.6 Å². The van der Waals surface area contributed by atoms with Crippen molar-refractivity contribution in [2.75, 3.05) is 18.9 Å². The van der Waals surface area contributed by atoms with Crippen LogP contribution in [0.5, 0.6) is 5.75 Å². The maximum absolute atomic E-state index is 12.1. The molecule has 3 rings (SSSR count). The van der Waals surface area contributed by atoms with Crippen molar-refractivity contribution in [2.45, 2.75) is 30.6 Å². The van der Waals surface area contributed by atoms with Crippen LogP contribution in [0.25, 0.3) is 11.4 Å². The van der Waals surface area contributed by atoms with Crippen molar-refractivity contribution in [1.82, 2.24) is 20.1 Å². The Kier molecular flexibility index (Phi) is 6.30. The number of ether oxygens (including phenoxy) is 1. The predicted molar refractivity (Wildman–Crippen MR) is 100 cm³/mol. The number of allylic oxidation sites excluding steroid dienone is 1. The first-order chi connectivity index (χ1) is 12.7. The second-order valence-corrected chi connectivity index (χ2v) is 6.89. The van der Waals surface area contributed by atoms with Gasteiger partial charge in [0, 0.05) is 19.7 Å². The Labute approximate surface area is 156 Å². The summed E-state index contributed by atoms with van der Waals surface area (Å²) in [5.74, 6) is 0.854. The molecule has 2 N–H and O–H groups in total. The van der Waals surface area contributed by atoms with E-state index in [1.54, 1.807) is 24.3 Å². The zero-order valence-electron chi connectivity index (χ0n) is 14.4. The highest BCUT2D eigenvalue weighted by Gasteiger charge is 2.18. The van der Waals surface area contributed by atoms with E-state index >= 15 is 0 Å². The molecule has 1 amide bonds. The number of rotatable bonds is 8. The highest BCUT2D eigenvalue weighted by atomic mass is 32.2. The molecule has 0 aliphatic carbocycles. The Morgan fingerprint density at radius 1 is 1.46 bits per heavy atom. The van der Waals surface area contributed by atoms with Crippen LogP contribution < -0.4 is 5.32 Å². The summed E-state index contributed by atoms with van der Waals surface area (Å²) >= 11 is 1.31. The van der Waals surface area contributed by atoms with E-state index in [4.69, 9.17) is 4.74 Å². The van der Waals surface area contributed by atoms with Crippen LogP contribution >= 0.6 is 11.8 Å². The molecule has 0 bridgehead atoms. The van der Waals surface area contributed by atoms with E-state index in [1.807, 2.05) is 10.6 Å². The minimum atomic E-state index is -0.0669. The van der Waals surface area contributed by atoms with Crippen molar-refractivity contribution in [2.24, 2.45) is 0 Å². The smallest absolute Gasteiger partial charge is 0.230 e. The van der Waals surface area contributed by atoms with E-state index in [-0.39, 0.29) is 23.5 Å². The first-order valence-electron chi connectivity index (χ1n) is 8.52. The average Bonchev–Trinajstić information content (AvgIpc) is 3.29. The van der Waals surface area contributed by atoms with Gasteiger partial charge in [-0.3, -0.25) is 9.36 Å². The van der Waals surface area contributed by atoms with Crippen LogP contribution in [0, 0.1) is 0 Å². The first-order valence-corrected chi connectivity index (χ1v) is 9.51. The van der Waals surface area contributed by atoms with Crippen molar-refractivity contribution in [1.29, 1.82) is 0 Å². The number of carbonyl (C=O) groups excluding carboxylic acids is 1. The number of hydrogen-bond donors (Lipinski definition) is 2. The Morgan fingerprint density at radius 3 is 3.04 bits per heavy atom. The zero-order valence-corrected chi connectivity index (χ0v) is 15.2. The third-order valence-electron chi connectivity index (χ3n) is 4.06. The van der Waals surface area contributed by atoms with Crippen LogP contribution in [0.15, 0.2) is 42.1 Å². The molecule has 0 spiro atoms. The van der Waals surface area contributed by atoms with Crippen molar-refractivity contribution >= 4 is 17.7 Å². The molecule has 8 heteroatoms. The fraction of sp³-hybridized carbons (Fsp3) is 0.389. The lowest BCUT2D eigenvalue weighted by atomic mass is 10.2. The molecule has 7 nitrogen and oxygen atoms in total. The lowest BCUT2D eigenvalue weighted by molar-refractivity contribution is -0.119. The topological polar surface area (TPSA) is 89.3 Å². The highest BCUT2D eigenvalue weighted by Crippen LogP contribution is 2.30. The van der Waals surface area contributed by atoms with Gasteiger partial charge in [0.1, 0.15) is 5.75 Å². The normalized spacial score (nSPS) is 16.5. The number of phenols is 1. The molecule has 0 saturated carbocycles. The fourth-order valence-electron chi connectivity index (χ4n) is 2.77. The summed E-state index contributed by atoms with van der Waals surface area (Å²) in [6.45, 7) is 5.56. The number of nitrogens with one attached hydrogen (secondary N) is 1. The molecule has 2 heterocycles. The third kappa shape index (κ3) is 4.44. The molecule has 138 valence electrons. The maximum atomic E-state index is 12.1. The molecule has 1 aromatic carbocycles. The molecular formula is C18H22N4O3S. The summed E-state index contributed by atoms with van der Waals surface area (Å²) in [5.41, 5.74) is 0.594. The molecule has 2 aromatic rings. The second kappa shape index (κ2) is 8.86. The number of aromatic nitrogens is 3. The number of thioether (sulfide) groups is 1. The molecule has 1 aliphatic heterocycles. The lowest BCUT2D eigenvalue weighted by Gasteiger charge is -2.11. The molecule has 1 aromatic heterocycles. The third-order valence-corrected chi connectivity index (χ3v) is 5.02. The largest absolute Gasteiger partial charge is 0.507 e. The van der Waals surface area contributed by atoms with Crippen molar-refractivity contribution in [3.63, 3.8) is 0 Å². The summed E-state index contributed by atoms with van der Waals surface area (Å²) in [6, 6.07) is 6.96. The van der Waals surface area contributed by atoms with Gasteiger partial charge in [-0.15, -0.1) is 16.8 Å². The molecule has 1 atom stereocenters. The Morgan fingerprint density at radius 2 is 2.31 bits per heavy atom. The van der Waals surface area contributed by atoms with Crippen LogP contribution in [0.2, 0.25) is 0 Å². The van der Waals surface area contributed by atoms with E-state index in [0.717, 1.165) is 19.4 Å². The monoisotopic (exact) mass is 374 g/mol. The molecule has 1 aliphatic rings. The van der Waals surface area contributed by atoms with E-state index in [1.165, 1.54) is 11.8 Å². The zero-order chi connectivity index (χ0) is 18.4. The number of hydrogen-bond acceptors (Lipinski definition) is 6. The van der Waals surface area contributed by atoms with Gasteiger partial charge in [0.2, 0.25) is 5.91 Å². The Bertz CT molecular complexity index is 772. The van der Waals surface area contributed by atoms with Gasteiger partial charge in [-0.2, -0.15) is 0 Å². The highest BCUT2D eigenvalue weighted by molar-refractivity contribution is 7.99. The van der Waals surface area contributed by atoms with E-state index < -0.39 is 0 Å². The second-order valence-electron chi connectivity index (χ2n) is 5.95. The molecule has 1 fully saturated rings. The van der Waals surface area contributed by atoms with Gasteiger partial charge in [-0.05, 0) is 25.0 Å². The summed E-state index contributed by atoms with van der Waals surface area (Å²) in [5, 5.41) is 21.9. The first kappa shape index (κ1) is 18.5. The Balaban J connectivity index is 1.65. The minimum absolute atomic E-state index is 0.0669. The quantitative estimate of drug-likeness (QED) is 0.544. The molecule has 26 heavy (non-hydrogen) atoms. The standard InChI is InChI=1S/C18H22N4O3S/c1-2-9-22-17(14-7-3-4-8-15(14)23)20-21-18(22)26-12-16(24)19-11-13-6-5-10-25-13/h2-4,7-8,13,23H,1,5-6,9-12H2,(H,19,24). The van der Waals surface area contributed by atoms with Crippen LogP contribution in [0.1, 0.15) is 12.8 Å². The number of aromatic hydroxyl groups is 1. The predicted octanol–water partition coefficient (Wildman–Crippen LogP) is 2.22. The minimum Gasteiger partial charge on any atom is -0.507 e. The average molecular weight is 374 g/mol. The molecule has 1 saturated heterocycles. The van der Waals surface area contributed by atoms with Crippen molar-refractivity contribution in [3.8, 4) is 17.1 Å². The van der Waals surface area contributed by atoms with Gasteiger partial charge < -0.3 is 15.2 Å². The molecule has 0 radical (unpaired) electrons. The van der Waals surface area contributed by atoms with Crippen LogP contribution in [0.4, 0.5) is 0 Å². The number of para-hydroxylation sites is 1. The lowest BCUT2D eigenvalue weighted by Crippen LogP contribution is -2.32. The molecular weight excluding hydrogens is 352 g/mol. The number of benzene rings is 1. The van der Waals surface area contributed by atoms with Crippen molar-refractivity contribution in [3.05, 3.63) is 36.9 Å². The van der Waals surface area contributed by atoms with Gasteiger partial charge >= 0.3 is 0 Å². The number of nitrogens with zero attached hydrogens (tertiary/aromatic N) is 3. The summed E-state index contributed by atoms with van der Waals surface area (Å²) in [6.07, 6.45) is 3.90. The van der Waals surface area contributed by atoms with Gasteiger partial charge in [-0.25, -0.2) is 0 Å². The summed E-state index contributed by atoms with van der Waals surface area (Å²) in [4.78, 5) is 12.1. The Hall–Kier alpha value is -2.32. The summed E-state index contributed by atoms with van der Waals surface area (Å²) in [7, 11) is 0. The van der Waals surface area contributed by atoms with Gasteiger partial charge in [0.25, 0.3) is 0 Å². The van der Waals surface area contributed by atoms with E-state index in [0.29, 0.717) is 29.6 Å². The van der Waals surface area contributed by atoms with Gasteiger partial charge in [-0.1, -0.05) is 30.0 Å². The molecule has 1 unspecified atom stereocenters. The SMILES string of the molecule is C=CCn1c(SCC(=O)NCC2CCCO2)nnc1-c1ccccc1O. The van der Waals surface area contributed by atoms with Crippen LogP contribution in [-0.2, 0) is 16.1 Å². The summed E-state index contributed by atoms with van der Waals surface area (Å²) < 4.78 is 7.33. The van der Waals surface area contributed by atoms with Crippen LogP contribution in [0.3, 0.4) is 0 Å². The maximum Gasteiger partial charge on any atom is 0.230 e.